The number of para-hydroxylation sites is 2. The van der Waals surface area contributed by atoms with Crippen LogP contribution in [0.3, 0.4) is 0 Å². The number of nitrogens with zero attached hydrogens (tertiary/aromatic N) is 2. The average molecular weight is 385 g/mol. The second-order valence-electron chi connectivity index (χ2n) is 7.02. The summed E-state index contributed by atoms with van der Waals surface area (Å²) in [6.45, 7) is -1.50. The van der Waals surface area contributed by atoms with Gasteiger partial charge in [-0.1, -0.05) is 24.3 Å². The van der Waals surface area contributed by atoms with Crippen molar-refractivity contribution >= 4 is 16.9 Å². The van der Waals surface area contributed by atoms with Crippen molar-refractivity contribution in [3.05, 3.63) is 59.9 Å². The quantitative estimate of drug-likeness (QED) is 0.719. The number of benzene rings is 2. The number of carbonyl (C=O) groups is 1. The highest BCUT2D eigenvalue weighted by Gasteiger charge is 2.26. The summed E-state index contributed by atoms with van der Waals surface area (Å²) in [6.07, 6.45) is 2.15. The van der Waals surface area contributed by atoms with Crippen molar-refractivity contribution in [3.63, 3.8) is 0 Å². The molecule has 1 aromatic heterocycles. The SMILES string of the molecule is O=C(Cc1ccc(OC(F)F)cc1)N1CCC[C@@H](c2nc3ccccc3[nH]2)C1. The highest BCUT2D eigenvalue weighted by Crippen LogP contribution is 2.27. The van der Waals surface area contributed by atoms with Gasteiger partial charge in [0.2, 0.25) is 5.91 Å². The van der Waals surface area contributed by atoms with Crippen LogP contribution in [0.15, 0.2) is 48.5 Å². The van der Waals surface area contributed by atoms with Crippen LogP contribution in [0.25, 0.3) is 11.0 Å². The standard InChI is InChI=1S/C21H21F2N3O2/c22-21(23)28-16-9-7-14(8-10-16)12-19(27)26-11-3-4-15(13-26)20-24-17-5-1-2-6-18(17)25-20/h1-2,5-10,15,21H,3-4,11-13H2,(H,24,25)/t15-/m1/s1. The third-order valence-electron chi connectivity index (χ3n) is 5.07. The van der Waals surface area contributed by atoms with E-state index in [2.05, 4.69) is 14.7 Å². The summed E-state index contributed by atoms with van der Waals surface area (Å²) in [5.74, 6) is 1.23. The van der Waals surface area contributed by atoms with Crippen molar-refractivity contribution < 1.29 is 18.3 Å². The summed E-state index contributed by atoms with van der Waals surface area (Å²) in [6, 6.07) is 14.1. The first-order chi connectivity index (χ1) is 13.6. The average Bonchev–Trinajstić information content (AvgIpc) is 3.13. The summed E-state index contributed by atoms with van der Waals surface area (Å²) in [4.78, 5) is 22.6. The van der Waals surface area contributed by atoms with Crippen LogP contribution in [0.5, 0.6) is 5.75 Å². The predicted octanol–water partition coefficient (Wildman–Crippen LogP) is 4.11. The Bertz CT molecular complexity index is 923. The number of rotatable bonds is 5. The smallest absolute Gasteiger partial charge is 0.387 e. The van der Waals surface area contributed by atoms with Gasteiger partial charge in [0.15, 0.2) is 0 Å². The number of carbonyl (C=O) groups excluding carboxylic acids is 1. The molecule has 2 aromatic carbocycles. The van der Waals surface area contributed by atoms with Crippen LogP contribution >= 0.6 is 0 Å². The lowest BCUT2D eigenvalue weighted by Crippen LogP contribution is -2.40. The van der Waals surface area contributed by atoms with Crippen molar-refractivity contribution in [2.24, 2.45) is 0 Å². The van der Waals surface area contributed by atoms with Gasteiger partial charge in [0, 0.05) is 19.0 Å². The van der Waals surface area contributed by atoms with Gasteiger partial charge >= 0.3 is 6.61 Å². The van der Waals surface area contributed by atoms with E-state index in [1.54, 1.807) is 12.1 Å². The number of aromatic nitrogens is 2. The van der Waals surface area contributed by atoms with E-state index >= 15 is 0 Å². The number of nitrogens with one attached hydrogen (secondary N) is 1. The molecule has 1 aliphatic rings. The normalized spacial score (nSPS) is 17.2. The zero-order valence-corrected chi connectivity index (χ0v) is 15.3. The fourth-order valence-corrected chi connectivity index (χ4v) is 3.67. The Balaban J connectivity index is 1.40. The molecule has 0 aliphatic carbocycles. The van der Waals surface area contributed by atoms with Gasteiger partial charge in [-0.15, -0.1) is 0 Å². The number of halogens is 2. The topological polar surface area (TPSA) is 58.2 Å². The molecular weight excluding hydrogens is 364 g/mol. The number of amides is 1. The molecule has 1 saturated heterocycles. The second-order valence-corrected chi connectivity index (χ2v) is 7.02. The van der Waals surface area contributed by atoms with E-state index in [0.29, 0.717) is 6.54 Å². The van der Waals surface area contributed by atoms with Gasteiger partial charge in [0.05, 0.1) is 17.5 Å². The number of hydrogen-bond donors (Lipinski definition) is 1. The fraction of sp³-hybridized carbons (Fsp3) is 0.333. The second kappa shape index (κ2) is 7.96. The van der Waals surface area contributed by atoms with Gasteiger partial charge < -0.3 is 14.6 Å². The van der Waals surface area contributed by atoms with Crippen LogP contribution in [0.1, 0.15) is 30.1 Å². The number of hydrogen-bond acceptors (Lipinski definition) is 3. The van der Waals surface area contributed by atoms with Gasteiger partial charge in [-0.2, -0.15) is 8.78 Å². The van der Waals surface area contributed by atoms with Crippen LogP contribution in [0.4, 0.5) is 8.78 Å². The number of likely N-dealkylation sites (tertiary alicyclic amines) is 1. The number of imidazole rings is 1. The Labute approximate surface area is 161 Å². The highest BCUT2D eigenvalue weighted by molar-refractivity contribution is 5.79. The highest BCUT2D eigenvalue weighted by atomic mass is 19.3. The molecule has 7 heteroatoms. The van der Waals surface area contributed by atoms with E-state index < -0.39 is 6.61 Å². The summed E-state index contributed by atoms with van der Waals surface area (Å²) >= 11 is 0. The van der Waals surface area contributed by atoms with E-state index in [1.165, 1.54) is 12.1 Å². The minimum absolute atomic E-state index is 0.0309. The van der Waals surface area contributed by atoms with Crippen LogP contribution in [-0.2, 0) is 11.2 Å². The Kier molecular flexibility index (Phi) is 5.23. The van der Waals surface area contributed by atoms with Crippen LogP contribution in [0, 0.1) is 0 Å². The van der Waals surface area contributed by atoms with E-state index in [1.807, 2.05) is 29.2 Å². The first kappa shape index (κ1) is 18.4. The number of alkyl halides is 2. The summed E-state index contributed by atoms with van der Waals surface area (Å²) < 4.78 is 28.8. The minimum Gasteiger partial charge on any atom is -0.435 e. The van der Waals surface area contributed by atoms with Gasteiger partial charge in [0.25, 0.3) is 0 Å². The lowest BCUT2D eigenvalue weighted by atomic mass is 9.96. The van der Waals surface area contributed by atoms with Crippen molar-refractivity contribution in [1.82, 2.24) is 14.9 Å². The summed E-state index contributed by atoms with van der Waals surface area (Å²) in [5, 5.41) is 0. The van der Waals surface area contributed by atoms with Crippen molar-refractivity contribution in [2.45, 2.75) is 31.8 Å². The maximum absolute atomic E-state index is 12.7. The van der Waals surface area contributed by atoms with Crippen molar-refractivity contribution in [1.29, 1.82) is 0 Å². The van der Waals surface area contributed by atoms with E-state index in [-0.39, 0.29) is 24.0 Å². The molecule has 0 spiro atoms. The molecule has 146 valence electrons. The Morgan fingerprint density at radius 3 is 2.75 bits per heavy atom. The molecule has 3 aromatic rings. The van der Waals surface area contributed by atoms with E-state index in [0.717, 1.165) is 41.8 Å². The molecule has 1 N–H and O–H groups in total. The molecule has 0 radical (unpaired) electrons. The van der Waals surface area contributed by atoms with E-state index in [9.17, 15) is 13.6 Å². The zero-order chi connectivity index (χ0) is 19.5. The molecule has 0 bridgehead atoms. The number of aromatic amines is 1. The van der Waals surface area contributed by atoms with Gasteiger partial charge in [-0.25, -0.2) is 4.98 Å². The molecule has 2 heterocycles. The molecule has 1 amide bonds. The molecule has 1 atom stereocenters. The molecule has 28 heavy (non-hydrogen) atoms. The summed E-state index contributed by atoms with van der Waals surface area (Å²) in [5.41, 5.74) is 2.72. The molecule has 0 saturated carbocycles. The predicted molar refractivity (Wildman–Crippen MR) is 101 cm³/mol. The first-order valence-corrected chi connectivity index (χ1v) is 9.34. The number of piperidine rings is 1. The third-order valence-corrected chi connectivity index (χ3v) is 5.07. The lowest BCUT2D eigenvalue weighted by Gasteiger charge is -2.32. The molecule has 4 rings (SSSR count). The van der Waals surface area contributed by atoms with Gasteiger partial charge in [0.1, 0.15) is 11.6 Å². The molecule has 1 fully saturated rings. The maximum atomic E-state index is 12.7. The van der Waals surface area contributed by atoms with Gasteiger partial charge in [-0.05, 0) is 42.7 Å². The van der Waals surface area contributed by atoms with Crippen molar-refractivity contribution in [2.75, 3.05) is 13.1 Å². The van der Waals surface area contributed by atoms with Crippen molar-refractivity contribution in [3.8, 4) is 5.75 Å². The molecule has 5 nitrogen and oxygen atoms in total. The fourth-order valence-electron chi connectivity index (χ4n) is 3.67. The van der Waals surface area contributed by atoms with Gasteiger partial charge in [-0.3, -0.25) is 4.79 Å². The largest absolute Gasteiger partial charge is 0.435 e. The zero-order valence-electron chi connectivity index (χ0n) is 15.3. The minimum atomic E-state index is -2.85. The van der Waals surface area contributed by atoms with Crippen LogP contribution in [-0.4, -0.2) is 40.5 Å². The van der Waals surface area contributed by atoms with Crippen LogP contribution in [0.2, 0.25) is 0 Å². The molecular formula is C21H21F2N3O2. The maximum Gasteiger partial charge on any atom is 0.387 e. The number of fused-ring (bicyclic) bond motifs is 1. The Morgan fingerprint density at radius 2 is 2.00 bits per heavy atom. The first-order valence-electron chi connectivity index (χ1n) is 9.34. The Hall–Kier alpha value is -2.96. The lowest BCUT2D eigenvalue weighted by molar-refractivity contribution is -0.131. The Morgan fingerprint density at radius 1 is 1.21 bits per heavy atom. The summed E-state index contributed by atoms with van der Waals surface area (Å²) in [7, 11) is 0. The number of H-pyrrole nitrogens is 1. The van der Waals surface area contributed by atoms with E-state index in [4.69, 9.17) is 0 Å². The van der Waals surface area contributed by atoms with Crippen LogP contribution < -0.4 is 4.74 Å². The number of ether oxygens (including phenoxy) is 1. The molecule has 0 unspecified atom stereocenters. The monoisotopic (exact) mass is 385 g/mol. The molecule has 1 aliphatic heterocycles. The third kappa shape index (κ3) is 4.13.